The first kappa shape index (κ1) is 15.9. The molecule has 1 aliphatic heterocycles. The molecule has 5 heteroatoms. The molecule has 2 heterocycles. The Bertz CT molecular complexity index is 334. The second kappa shape index (κ2) is 8.85. The Kier molecular flexibility index (Phi) is 7.40. The quantitative estimate of drug-likeness (QED) is 0.844. The summed E-state index contributed by atoms with van der Waals surface area (Å²) in [4.78, 5) is 8.79. The predicted octanol–water partition coefficient (Wildman–Crippen LogP) is 0.800. The Morgan fingerprint density at radius 3 is 2.32 bits per heavy atom. The lowest BCUT2D eigenvalue weighted by Gasteiger charge is -2.34. The van der Waals surface area contributed by atoms with Crippen LogP contribution in [0.3, 0.4) is 0 Å². The Morgan fingerprint density at radius 2 is 1.79 bits per heavy atom. The van der Waals surface area contributed by atoms with Gasteiger partial charge in [-0.05, 0) is 11.6 Å². The van der Waals surface area contributed by atoms with Crippen LogP contribution in [0.1, 0.15) is 19.4 Å². The summed E-state index contributed by atoms with van der Waals surface area (Å²) in [5.41, 5.74) is 6.76. The number of hydrogen-bond acceptors (Lipinski definition) is 5. The van der Waals surface area contributed by atoms with E-state index in [4.69, 9.17) is 10.8 Å². The summed E-state index contributed by atoms with van der Waals surface area (Å²) in [7, 11) is 0. The van der Waals surface area contributed by atoms with Gasteiger partial charge in [0, 0.05) is 45.5 Å². The lowest BCUT2D eigenvalue weighted by Crippen LogP contribution is -2.46. The van der Waals surface area contributed by atoms with Gasteiger partial charge in [0.15, 0.2) is 0 Å². The normalized spacial score (nSPS) is 16.8. The Hall–Kier alpha value is -1.17. The molecular formula is C14H26N4O. The van der Waals surface area contributed by atoms with Gasteiger partial charge >= 0.3 is 0 Å². The summed E-state index contributed by atoms with van der Waals surface area (Å²) in [6.45, 7) is 10.1. The van der Waals surface area contributed by atoms with Gasteiger partial charge in [-0.25, -0.2) is 4.98 Å². The van der Waals surface area contributed by atoms with Gasteiger partial charge in [-0.1, -0.05) is 19.9 Å². The summed E-state index contributed by atoms with van der Waals surface area (Å²) < 4.78 is 0. The van der Waals surface area contributed by atoms with Crippen LogP contribution >= 0.6 is 0 Å². The zero-order chi connectivity index (χ0) is 14.1. The van der Waals surface area contributed by atoms with Crippen LogP contribution in [0.4, 0.5) is 5.82 Å². The van der Waals surface area contributed by atoms with E-state index >= 15 is 0 Å². The molecule has 1 aromatic rings. The van der Waals surface area contributed by atoms with Gasteiger partial charge in [-0.3, -0.25) is 9.80 Å². The average molecular weight is 266 g/mol. The fraction of sp³-hybridized carbons (Fsp3) is 0.643. The molecule has 0 amide bonds. The fourth-order valence-corrected chi connectivity index (χ4v) is 2.10. The van der Waals surface area contributed by atoms with Crippen LogP contribution in [0.5, 0.6) is 0 Å². The van der Waals surface area contributed by atoms with Crippen LogP contribution in [-0.2, 0) is 6.54 Å². The van der Waals surface area contributed by atoms with Crippen LogP contribution in [0.25, 0.3) is 0 Å². The zero-order valence-corrected chi connectivity index (χ0v) is 12.0. The number of aromatic nitrogens is 1. The first-order valence-electron chi connectivity index (χ1n) is 7.04. The first-order valence-corrected chi connectivity index (χ1v) is 7.04. The van der Waals surface area contributed by atoms with Gasteiger partial charge in [0.1, 0.15) is 5.82 Å². The lowest BCUT2D eigenvalue weighted by molar-refractivity contribution is 0.108. The summed E-state index contributed by atoms with van der Waals surface area (Å²) in [5, 5.41) is 8.87. The molecule has 1 aliphatic rings. The maximum Gasteiger partial charge on any atom is 0.123 e. The van der Waals surface area contributed by atoms with Gasteiger partial charge in [-0.15, -0.1) is 0 Å². The minimum absolute atomic E-state index is 0.252. The summed E-state index contributed by atoms with van der Waals surface area (Å²) in [5.74, 6) is 0.571. The zero-order valence-electron chi connectivity index (χ0n) is 12.0. The van der Waals surface area contributed by atoms with Crippen LogP contribution in [-0.4, -0.2) is 59.2 Å². The van der Waals surface area contributed by atoms with E-state index in [2.05, 4.69) is 14.8 Å². The van der Waals surface area contributed by atoms with Gasteiger partial charge in [-0.2, -0.15) is 0 Å². The van der Waals surface area contributed by atoms with Crippen molar-refractivity contribution in [2.75, 3.05) is 45.1 Å². The van der Waals surface area contributed by atoms with E-state index in [-0.39, 0.29) is 6.61 Å². The number of pyridine rings is 1. The number of aliphatic hydroxyl groups is 1. The van der Waals surface area contributed by atoms with Crippen LogP contribution in [0.15, 0.2) is 18.3 Å². The maximum atomic E-state index is 8.87. The number of rotatable bonds is 4. The number of nitrogen functional groups attached to an aromatic ring is 1. The van der Waals surface area contributed by atoms with Crippen LogP contribution in [0.2, 0.25) is 0 Å². The average Bonchev–Trinajstić information content (AvgIpc) is 2.46. The molecule has 0 spiro atoms. The Balaban J connectivity index is 0.000000861. The first-order chi connectivity index (χ1) is 9.28. The highest BCUT2D eigenvalue weighted by Crippen LogP contribution is 2.08. The number of hydrogen-bond donors (Lipinski definition) is 2. The molecule has 1 fully saturated rings. The Morgan fingerprint density at radius 1 is 1.16 bits per heavy atom. The fourth-order valence-electron chi connectivity index (χ4n) is 2.10. The number of β-amino-alcohol motifs (C(OH)–C–C–N with tert-alkyl or cyclic N) is 1. The molecule has 0 bridgehead atoms. The molecule has 19 heavy (non-hydrogen) atoms. The Labute approximate surface area is 116 Å². The van der Waals surface area contributed by atoms with E-state index in [1.165, 1.54) is 5.56 Å². The molecule has 5 nitrogen and oxygen atoms in total. The number of anilines is 1. The van der Waals surface area contributed by atoms with Crippen molar-refractivity contribution < 1.29 is 5.11 Å². The van der Waals surface area contributed by atoms with Gasteiger partial charge in [0.05, 0.1) is 6.61 Å². The largest absolute Gasteiger partial charge is 0.395 e. The summed E-state index contributed by atoms with van der Waals surface area (Å²) in [6.07, 6.45) is 1.84. The number of nitrogens with zero attached hydrogens (tertiary/aromatic N) is 3. The van der Waals surface area contributed by atoms with Crippen molar-refractivity contribution >= 4 is 5.82 Å². The summed E-state index contributed by atoms with van der Waals surface area (Å²) in [6, 6.07) is 3.87. The minimum atomic E-state index is 0.252. The predicted molar refractivity (Wildman–Crippen MR) is 78.8 cm³/mol. The number of piperazine rings is 1. The second-order valence-corrected chi connectivity index (χ2v) is 4.43. The molecular weight excluding hydrogens is 240 g/mol. The van der Waals surface area contributed by atoms with E-state index in [9.17, 15) is 0 Å². The molecule has 0 saturated carbocycles. The standard InChI is InChI=1S/C12H20N4O.C2H6/c13-12-2-1-11(9-14-12)10-16-5-3-15(4-6-16)7-8-17;1-2/h1-2,9,17H,3-8,10H2,(H2,13,14);1-2H3. The minimum Gasteiger partial charge on any atom is -0.395 e. The molecule has 3 N–H and O–H groups in total. The molecule has 0 aromatic carbocycles. The highest BCUT2D eigenvalue weighted by molar-refractivity contribution is 5.29. The van der Waals surface area contributed by atoms with Crippen molar-refractivity contribution in [3.8, 4) is 0 Å². The van der Waals surface area contributed by atoms with Gasteiger partial charge in [0.2, 0.25) is 0 Å². The molecule has 1 saturated heterocycles. The number of nitrogens with two attached hydrogens (primary N) is 1. The third kappa shape index (κ3) is 5.55. The van der Waals surface area contributed by atoms with E-state index in [0.29, 0.717) is 5.82 Å². The number of aliphatic hydroxyl groups excluding tert-OH is 1. The highest BCUT2D eigenvalue weighted by Gasteiger charge is 2.16. The summed E-state index contributed by atoms with van der Waals surface area (Å²) >= 11 is 0. The van der Waals surface area contributed by atoms with Crippen molar-refractivity contribution in [3.05, 3.63) is 23.9 Å². The third-order valence-electron chi connectivity index (χ3n) is 3.13. The maximum absolute atomic E-state index is 8.87. The molecule has 2 rings (SSSR count). The molecule has 108 valence electrons. The van der Waals surface area contributed by atoms with Gasteiger partial charge in [0.25, 0.3) is 0 Å². The molecule has 0 atom stereocenters. The monoisotopic (exact) mass is 266 g/mol. The van der Waals surface area contributed by atoms with Crippen molar-refractivity contribution in [1.29, 1.82) is 0 Å². The molecule has 0 unspecified atom stereocenters. The smallest absolute Gasteiger partial charge is 0.123 e. The van der Waals surface area contributed by atoms with Crippen molar-refractivity contribution in [2.24, 2.45) is 0 Å². The third-order valence-corrected chi connectivity index (χ3v) is 3.13. The molecule has 1 aromatic heterocycles. The molecule has 0 radical (unpaired) electrons. The molecule has 0 aliphatic carbocycles. The second-order valence-electron chi connectivity index (χ2n) is 4.43. The highest BCUT2D eigenvalue weighted by atomic mass is 16.3. The van der Waals surface area contributed by atoms with Crippen molar-refractivity contribution in [1.82, 2.24) is 14.8 Å². The van der Waals surface area contributed by atoms with E-state index in [1.54, 1.807) is 0 Å². The van der Waals surface area contributed by atoms with Crippen molar-refractivity contribution in [3.63, 3.8) is 0 Å². The SMILES string of the molecule is CC.Nc1ccc(CN2CCN(CCO)CC2)cn1. The van der Waals surface area contributed by atoms with Crippen LogP contribution in [0, 0.1) is 0 Å². The van der Waals surface area contributed by atoms with E-state index in [1.807, 2.05) is 32.2 Å². The van der Waals surface area contributed by atoms with Crippen LogP contribution < -0.4 is 5.73 Å². The lowest BCUT2D eigenvalue weighted by atomic mass is 10.2. The van der Waals surface area contributed by atoms with E-state index in [0.717, 1.165) is 39.3 Å². The van der Waals surface area contributed by atoms with Crippen molar-refractivity contribution in [2.45, 2.75) is 20.4 Å². The van der Waals surface area contributed by atoms with Gasteiger partial charge < -0.3 is 10.8 Å². The topological polar surface area (TPSA) is 65.6 Å². The van der Waals surface area contributed by atoms with E-state index < -0.39 is 0 Å².